The number of amides is 1. The molecular formula is C19H29NO4. The maximum atomic E-state index is 12.3. The smallest absolute Gasteiger partial charge is 0.255 e. The molecule has 1 unspecified atom stereocenters. The van der Waals surface area contributed by atoms with Crippen molar-refractivity contribution in [2.75, 3.05) is 33.0 Å². The molecule has 1 aliphatic rings. The van der Waals surface area contributed by atoms with E-state index in [0.29, 0.717) is 37.0 Å². The van der Waals surface area contributed by atoms with Crippen molar-refractivity contribution in [1.82, 2.24) is 5.32 Å². The first-order chi connectivity index (χ1) is 11.7. The molecule has 0 saturated carbocycles. The van der Waals surface area contributed by atoms with Gasteiger partial charge in [0.2, 0.25) is 0 Å². The molecule has 1 N–H and O–H groups in total. The first kappa shape index (κ1) is 18.7. The van der Waals surface area contributed by atoms with Crippen LogP contribution in [-0.2, 0) is 9.47 Å². The summed E-state index contributed by atoms with van der Waals surface area (Å²) in [6.45, 7) is 7.55. The highest BCUT2D eigenvalue weighted by Gasteiger charge is 2.18. The fourth-order valence-electron chi connectivity index (χ4n) is 2.53. The summed E-state index contributed by atoms with van der Waals surface area (Å²) in [5.41, 5.74) is 0.568. The summed E-state index contributed by atoms with van der Waals surface area (Å²) in [6, 6.07) is 7.34. The lowest BCUT2D eigenvalue weighted by Gasteiger charge is -2.14. The van der Waals surface area contributed by atoms with Crippen LogP contribution in [0.3, 0.4) is 0 Å². The summed E-state index contributed by atoms with van der Waals surface area (Å²) < 4.78 is 16.9. The summed E-state index contributed by atoms with van der Waals surface area (Å²) in [5, 5.41) is 2.93. The van der Waals surface area contributed by atoms with E-state index in [-0.39, 0.29) is 12.0 Å². The highest BCUT2D eigenvalue weighted by Crippen LogP contribution is 2.20. The summed E-state index contributed by atoms with van der Waals surface area (Å²) in [5.74, 6) is 1.04. The minimum absolute atomic E-state index is 0.109. The van der Waals surface area contributed by atoms with E-state index in [9.17, 15) is 4.79 Å². The van der Waals surface area contributed by atoms with E-state index in [1.54, 1.807) is 6.07 Å². The summed E-state index contributed by atoms with van der Waals surface area (Å²) in [6.07, 6.45) is 3.04. The third kappa shape index (κ3) is 6.49. The lowest BCUT2D eigenvalue weighted by molar-refractivity contribution is 0.0670. The van der Waals surface area contributed by atoms with Gasteiger partial charge in [-0.1, -0.05) is 26.0 Å². The Morgan fingerprint density at radius 1 is 1.38 bits per heavy atom. The van der Waals surface area contributed by atoms with E-state index in [0.717, 1.165) is 32.5 Å². The molecule has 134 valence electrons. The van der Waals surface area contributed by atoms with E-state index in [4.69, 9.17) is 14.2 Å². The Morgan fingerprint density at radius 3 is 2.96 bits per heavy atom. The van der Waals surface area contributed by atoms with Gasteiger partial charge >= 0.3 is 0 Å². The Bertz CT molecular complexity index is 498. The minimum Gasteiger partial charge on any atom is -0.490 e. The van der Waals surface area contributed by atoms with Crippen LogP contribution in [0.25, 0.3) is 0 Å². The molecule has 0 aromatic heterocycles. The molecule has 1 aromatic rings. The molecule has 1 aromatic carbocycles. The van der Waals surface area contributed by atoms with Gasteiger partial charge in [-0.05, 0) is 37.3 Å². The molecular weight excluding hydrogens is 306 g/mol. The molecule has 1 atom stereocenters. The third-order valence-electron chi connectivity index (χ3n) is 3.78. The molecule has 0 radical (unpaired) electrons. The number of benzene rings is 1. The number of rotatable bonds is 10. The Labute approximate surface area is 144 Å². The van der Waals surface area contributed by atoms with Crippen LogP contribution in [0.2, 0.25) is 0 Å². The second kappa shape index (κ2) is 10.3. The lowest BCUT2D eigenvalue weighted by atomic mass is 10.2. The van der Waals surface area contributed by atoms with Gasteiger partial charge in [0.1, 0.15) is 12.4 Å². The van der Waals surface area contributed by atoms with Gasteiger partial charge in [-0.15, -0.1) is 0 Å². The normalized spacial score (nSPS) is 17.2. The van der Waals surface area contributed by atoms with Gasteiger partial charge in [0.15, 0.2) is 0 Å². The van der Waals surface area contributed by atoms with Crippen molar-refractivity contribution in [3.63, 3.8) is 0 Å². The van der Waals surface area contributed by atoms with Crippen LogP contribution in [0.15, 0.2) is 24.3 Å². The fraction of sp³-hybridized carbons (Fsp3) is 0.632. The number of para-hydroxylation sites is 1. The Morgan fingerprint density at radius 2 is 2.21 bits per heavy atom. The van der Waals surface area contributed by atoms with E-state index < -0.39 is 0 Å². The maximum absolute atomic E-state index is 12.3. The first-order valence-electron chi connectivity index (χ1n) is 8.86. The molecule has 0 bridgehead atoms. The van der Waals surface area contributed by atoms with E-state index in [1.807, 2.05) is 18.2 Å². The van der Waals surface area contributed by atoms with Crippen molar-refractivity contribution in [2.45, 2.75) is 39.2 Å². The molecule has 1 heterocycles. The summed E-state index contributed by atoms with van der Waals surface area (Å²) in [4.78, 5) is 12.3. The quantitative estimate of drug-likeness (QED) is 0.668. The van der Waals surface area contributed by atoms with Crippen LogP contribution in [-0.4, -0.2) is 45.0 Å². The number of carbonyl (C=O) groups is 1. The average molecular weight is 335 g/mol. The van der Waals surface area contributed by atoms with Crippen LogP contribution >= 0.6 is 0 Å². The zero-order valence-corrected chi connectivity index (χ0v) is 14.8. The molecule has 5 heteroatoms. The van der Waals surface area contributed by atoms with Crippen molar-refractivity contribution in [3.8, 4) is 5.75 Å². The number of carbonyl (C=O) groups excluding carboxylic acids is 1. The third-order valence-corrected chi connectivity index (χ3v) is 3.78. The standard InChI is InChI=1S/C19H29NO4/c1-15(2)13-22-11-6-10-20-19(21)17-8-3-4-9-18(17)24-14-16-7-5-12-23-16/h3-4,8-9,15-16H,5-7,10-14H2,1-2H3,(H,20,21). The van der Waals surface area contributed by atoms with Crippen molar-refractivity contribution < 1.29 is 19.0 Å². The van der Waals surface area contributed by atoms with Gasteiger partial charge in [-0.25, -0.2) is 0 Å². The number of nitrogens with one attached hydrogen (secondary N) is 1. The largest absolute Gasteiger partial charge is 0.490 e. The highest BCUT2D eigenvalue weighted by molar-refractivity contribution is 5.96. The number of hydrogen-bond donors (Lipinski definition) is 1. The van der Waals surface area contributed by atoms with Gasteiger partial charge in [-0.2, -0.15) is 0 Å². The molecule has 1 saturated heterocycles. The molecule has 5 nitrogen and oxygen atoms in total. The molecule has 24 heavy (non-hydrogen) atoms. The highest BCUT2D eigenvalue weighted by atomic mass is 16.5. The van der Waals surface area contributed by atoms with Crippen LogP contribution in [0, 0.1) is 5.92 Å². The molecule has 0 spiro atoms. The maximum Gasteiger partial charge on any atom is 0.255 e. The first-order valence-corrected chi connectivity index (χ1v) is 8.86. The second-order valence-electron chi connectivity index (χ2n) is 6.52. The van der Waals surface area contributed by atoms with E-state index >= 15 is 0 Å². The lowest BCUT2D eigenvalue weighted by Crippen LogP contribution is -2.26. The Balaban J connectivity index is 1.74. The van der Waals surface area contributed by atoms with E-state index in [1.165, 1.54) is 0 Å². The number of ether oxygens (including phenoxy) is 3. The predicted octanol–water partition coefficient (Wildman–Crippen LogP) is 3.04. The average Bonchev–Trinajstić information content (AvgIpc) is 3.09. The van der Waals surface area contributed by atoms with Crippen LogP contribution in [0.1, 0.15) is 43.5 Å². The topological polar surface area (TPSA) is 56.8 Å². The Hall–Kier alpha value is -1.59. The minimum atomic E-state index is -0.109. The molecule has 1 amide bonds. The zero-order valence-electron chi connectivity index (χ0n) is 14.8. The van der Waals surface area contributed by atoms with Crippen molar-refractivity contribution in [2.24, 2.45) is 5.92 Å². The van der Waals surface area contributed by atoms with Crippen molar-refractivity contribution >= 4 is 5.91 Å². The van der Waals surface area contributed by atoms with Gasteiger partial charge < -0.3 is 19.5 Å². The molecule has 1 fully saturated rings. The van der Waals surface area contributed by atoms with Gasteiger partial charge in [0, 0.05) is 26.4 Å². The zero-order chi connectivity index (χ0) is 17.2. The Kier molecular flexibility index (Phi) is 8.05. The molecule has 1 aliphatic heterocycles. The van der Waals surface area contributed by atoms with Crippen molar-refractivity contribution in [3.05, 3.63) is 29.8 Å². The van der Waals surface area contributed by atoms with Crippen molar-refractivity contribution in [1.29, 1.82) is 0 Å². The number of hydrogen-bond acceptors (Lipinski definition) is 4. The monoisotopic (exact) mass is 335 g/mol. The summed E-state index contributed by atoms with van der Waals surface area (Å²) in [7, 11) is 0. The van der Waals surface area contributed by atoms with Gasteiger partial charge in [0.25, 0.3) is 5.91 Å². The predicted molar refractivity (Wildman–Crippen MR) is 93.5 cm³/mol. The second-order valence-corrected chi connectivity index (χ2v) is 6.52. The van der Waals surface area contributed by atoms with Crippen LogP contribution < -0.4 is 10.1 Å². The molecule has 2 rings (SSSR count). The van der Waals surface area contributed by atoms with Gasteiger partial charge in [-0.3, -0.25) is 4.79 Å². The van der Waals surface area contributed by atoms with E-state index in [2.05, 4.69) is 19.2 Å². The molecule has 0 aliphatic carbocycles. The SMILES string of the molecule is CC(C)COCCCNC(=O)c1ccccc1OCC1CCCO1. The summed E-state index contributed by atoms with van der Waals surface area (Å²) >= 11 is 0. The van der Waals surface area contributed by atoms with Crippen LogP contribution in [0.5, 0.6) is 5.75 Å². The van der Waals surface area contributed by atoms with Crippen LogP contribution in [0.4, 0.5) is 0 Å². The van der Waals surface area contributed by atoms with Gasteiger partial charge in [0.05, 0.1) is 11.7 Å². The fourth-order valence-corrected chi connectivity index (χ4v) is 2.53.